The Morgan fingerprint density at radius 3 is 2.44 bits per heavy atom. The molecule has 2 aromatic carbocycles. The minimum atomic E-state index is -4.04. The van der Waals surface area contributed by atoms with Gasteiger partial charge >= 0.3 is 0 Å². The van der Waals surface area contributed by atoms with Crippen molar-refractivity contribution in [2.45, 2.75) is 11.3 Å². The van der Waals surface area contributed by atoms with Gasteiger partial charge in [0, 0.05) is 24.2 Å². The Morgan fingerprint density at radius 2 is 1.81 bits per heavy atom. The van der Waals surface area contributed by atoms with Gasteiger partial charge in [-0.3, -0.25) is 9.52 Å². The number of nitrogens with one attached hydrogen (secondary N) is 3. The SMILES string of the molecule is C[NH+](C)CCCNC(=O)c1ccc(Cl)c(S(=O)(=O)Nc2ccc(F)cc2)c1. The largest absolute Gasteiger partial charge is 0.352 e. The van der Waals surface area contributed by atoms with Crippen molar-refractivity contribution >= 4 is 33.2 Å². The number of hydrogen-bond acceptors (Lipinski definition) is 3. The van der Waals surface area contributed by atoms with Crippen LogP contribution in [0.25, 0.3) is 0 Å². The number of amides is 1. The monoisotopic (exact) mass is 414 g/mol. The van der Waals surface area contributed by atoms with Crippen molar-refractivity contribution < 1.29 is 22.5 Å². The number of rotatable bonds is 8. The Labute approximate surface area is 163 Å². The molecule has 0 unspecified atom stereocenters. The third-order valence-corrected chi connectivity index (χ3v) is 5.58. The Morgan fingerprint density at radius 1 is 1.15 bits per heavy atom. The Kier molecular flexibility index (Phi) is 7.18. The van der Waals surface area contributed by atoms with E-state index in [0.717, 1.165) is 25.1 Å². The first-order valence-corrected chi connectivity index (χ1v) is 10.2. The summed E-state index contributed by atoms with van der Waals surface area (Å²) in [6, 6.07) is 8.91. The van der Waals surface area contributed by atoms with Crippen molar-refractivity contribution in [3.63, 3.8) is 0 Å². The van der Waals surface area contributed by atoms with E-state index < -0.39 is 15.8 Å². The van der Waals surface area contributed by atoms with Crippen LogP contribution in [0.15, 0.2) is 47.4 Å². The topological polar surface area (TPSA) is 79.7 Å². The molecule has 0 bridgehead atoms. The number of halogens is 2. The molecular weight excluding hydrogens is 393 g/mol. The average molecular weight is 415 g/mol. The van der Waals surface area contributed by atoms with Crippen LogP contribution >= 0.6 is 11.6 Å². The summed E-state index contributed by atoms with van der Waals surface area (Å²) in [6.45, 7) is 1.39. The maximum Gasteiger partial charge on any atom is 0.263 e. The molecule has 0 saturated carbocycles. The van der Waals surface area contributed by atoms with Crippen LogP contribution in [0, 0.1) is 5.82 Å². The number of carbonyl (C=O) groups excluding carboxylic acids is 1. The van der Waals surface area contributed by atoms with Gasteiger partial charge in [-0.05, 0) is 42.5 Å². The predicted octanol–water partition coefficient (Wildman–Crippen LogP) is 1.54. The Hall–Kier alpha value is -2.16. The summed E-state index contributed by atoms with van der Waals surface area (Å²) < 4.78 is 40.5. The van der Waals surface area contributed by atoms with E-state index in [1.165, 1.54) is 35.2 Å². The third-order valence-electron chi connectivity index (χ3n) is 3.72. The van der Waals surface area contributed by atoms with Crippen LogP contribution in [0.5, 0.6) is 0 Å². The van der Waals surface area contributed by atoms with Crippen LogP contribution in [0.4, 0.5) is 10.1 Å². The zero-order chi connectivity index (χ0) is 20.0. The molecule has 146 valence electrons. The summed E-state index contributed by atoms with van der Waals surface area (Å²) in [7, 11) is 0.00322. The van der Waals surface area contributed by atoms with Gasteiger partial charge in [-0.1, -0.05) is 11.6 Å². The van der Waals surface area contributed by atoms with Gasteiger partial charge in [-0.25, -0.2) is 12.8 Å². The summed E-state index contributed by atoms with van der Waals surface area (Å²) in [6.07, 6.45) is 0.805. The highest BCUT2D eigenvalue weighted by molar-refractivity contribution is 7.92. The van der Waals surface area contributed by atoms with Gasteiger partial charge in [0.15, 0.2) is 0 Å². The molecule has 0 aliphatic carbocycles. The van der Waals surface area contributed by atoms with E-state index in [2.05, 4.69) is 10.0 Å². The third kappa shape index (κ3) is 6.20. The highest BCUT2D eigenvalue weighted by atomic mass is 35.5. The summed E-state index contributed by atoms with van der Waals surface area (Å²) in [4.78, 5) is 13.3. The molecule has 6 nitrogen and oxygen atoms in total. The van der Waals surface area contributed by atoms with Crippen LogP contribution in [0.2, 0.25) is 5.02 Å². The number of benzene rings is 2. The lowest BCUT2D eigenvalue weighted by Gasteiger charge is -2.12. The maximum absolute atomic E-state index is 13.0. The molecule has 2 aromatic rings. The first-order valence-electron chi connectivity index (χ1n) is 8.34. The van der Waals surface area contributed by atoms with Gasteiger partial charge in [0.1, 0.15) is 10.7 Å². The number of sulfonamides is 1. The summed E-state index contributed by atoms with van der Waals surface area (Å²) in [5.74, 6) is -0.857. The second kappa shape index (κ2) is 9.16. The summed E-state index contributed by atoms with van der Waals surface area (Å²) >= 11 is 6.02. The second-order valence-electron chi connectivity index (χ2n) is 6.32. The first-order chi connectivity index (χ1) is 12.7. The van der Waals surface area contributed by atoms with E-state index in [-0.39, 0.29) is 27.1 Å². The van der Waals surface area contributed by atoms with Gasteiger partial charge in [0.25, 0.3) is 15.9 Å². The van der Waals surface area contributed by atoms with E-state index in [9.17, 15) is 17.6 Å². The van der Waals surface area contributed by atoms with E-state index in [1.807, 2.05) is 14.1 Å². The highest BCUT2D eigenvalue weighted by Gasteiger charge is 2.20. The summed E-state index contributed by atoms with van der Waals surface area (Å²) in [5.41, 5.74) is 0.379. The number of quaternary nitrogens is 1. The molecule has 0 aromatic heterocycles. The minimum absolute atomic E-state index is 0.0163. The van der Waals surface area contributed by atoms with Crippen LogP contribution in [0.1, 0.15) is 16.8 Å². The van der Waals surface area contributed by atoms with Crippen LogP contribution in [-0.2, 0) is 10.0 Å². The normalized spacial score (nSPS) is 11.4. The molecule has 9 heteroatoms. The second-order valence-corrected chi connectivity index (χ2v) is 8.38. The molecule has 0 aliphatic heterocycles. The molecule has 27 heavy (non-hydrogen) atoms. The van der Waals surface area contributed by atoms with Crippen molar-refractivity contribution in [2.75, 3.05) is 31.9 Å². The molecule has 0 aliphatic rings. The smallest absolute Gasteiger partial charge is 0.263 e. The molecule has 0 heterocycles. The van der Waals surface area contributed by atoms with E-state index in [4.69, 9.17) is 11.6 Å². The van der Waals surface area contributed by atoms with Crippen LogP contribution in [0.3, 0.4) is 0 Å². The molecule has 0 fully saturated rings. The fraction of sp³-hybridized carbons (Fsp3) is 0.278. The van der Waals surface area contributed by atoms with Gasteiger partial charge in [0.05, 0.1) is 25.7 Å². The van der Waals surface area contributed by atoms with Gasteiger partial charge in [-0.2, -0.15) is 0 Å². The quantitative estimate of drug-likeness (QED) is 0.573. The van der Waals surface area contributed by atoms with Gasteiger partial charge < -0.3 is 10.2 Å². The predicted molar refractivity (Wildman–Crippen MR) is 103 cm³/mol. The van der Waals surface area contributed by atoms with Crippen LogP contribution < -0.4 is 14.9 Å². The van der Waals surface area contributed by atoms with Gasteiger partial charge in [-0.15, -0.1) is 0 Å². The lowest BCUT2D eigenvalue weighted by atomic mass is 10.2. The molecule has 0 atom stereocenters. The van der Waals surface area contributed by atoms with Gasteiger partial charge in [0.2, 0.25) is 0 Å². The number of carbonyl (C=O) groups is 1. The zero-order valence-corrected chi connectivity index (χ0v) is 16.6. The number of anilines is 1. The fourth-order valence-corrected chi connectivity index (χ4v) is 3.91. The molecule has 0 spiro atoms. The van der Waals surface area contributed by atoms with Crippen molar-refractivity contribution in [3.8, 4) is 0 Å². The van der Waals surface area contributed by atoms with E-state index in [0.29, 0.717) is 6.54 Å². The molecule has 2 rings (SSSR count). The summed E-state index contributed by atoms with van der Waals surface area (Å²) in [5, 5.41) is 2.74. The van der Waals surface area contributed by atoms with E-state index >= 15 is 0 Å². The van der Waals surface area contributed by atoms with E-state index in [1.54, 1.807) is 0 Å². The lowest BCUT2D eigenvalue weighted by Crippen LogP contribution is -3.05. The lowest BCUT2D eigenvalue weighted by molar-refractivity contribution is -0.858. The first kappa shape index (κ1) is 21.1. The Bertz CT molecular complexity index is 903. The molecular formula is C18H22ClFN3O3S+. The minimum Gasteiger partial charge on any atom is -0.352 e. The van der Waals surface area contributed by atoms with Crippen LogP contribution in [-0.4, -0.2) is 41.5 Å². The highest BCUT2D eigenvalue weighted by Crippen LogP contribution is 2.25. The fourth-order valence-electron chi connectivity index (χ4n) is 2.32. The molecule has 1 amide bonds. The Balaban J connectivity index is 2.15. The molecule has 0 saturated heterocycles. The zero-order valence-electron chi connectivity index (χ0n) is 15.1. The van der Waals surface area contributed by atoms with Crippen molar-refractivity contribution in [3.05, 3.63) is 58.9 Å². The van der Waals surface area contributed by atoms with Crippen molar-refractivity contribution in [1.82, 2.24) is 5.32 Å². The average Bonchev–Trinajstić information content (AvgIpc) is 2.60. The van der Waals surface area contributed by atoms with Crippen molar-refractivity contribution in [1.29, 1.82) is 0 Å². The maximum atomic E-state index is 13.0. The van der Waals surface area contributed by atoms with Crippen molar-refractivity contribution in [2.24, 2.45) is 0 Å². The standard InChI is InChI=1S/C18H21ClFN3O3S/c1-23(2)11-3-10-21-18(24)13-4-9-16(19)17(12-13)27(25,26)22-15-7-5-14(20)6-8-15/h4-9,12,22H,3,10-11H2,1-2H3,(H,21,24)/p+1. The number of hydrogen-bond donors (Lipinski definition) is 3. The molecule has 0 radical (unpaired) electrons. The molecule has 3 N–H and O–H groups in total.